The van der Waals surface area contributed by atoms with E-state index < -0.39 is 0 Å². The third kappa shape index (κ3) is 4.63. The largest absolute Gasteiger partial charge is 0.342 e. The van der Waals surface area contributed by atoms with Crippen molar-refractivity contribution in [2.45, 2.75) is 58.8 Å². The fourth-order valence-electron chi connectivity index (χ4n) is 4.66. The summed E-state index contributed by atoms with van der Waals surface area (Å²) in [6, 6.07) is 10.2. The maximum Gasteiger partial charge on any atom is 0.228 e. The van der Waals surface area contributed by atoms with E-state index in [9.17, 15) is 9.59 Å². The molecule has 2 amide bonds. The van der Waals surface area contributed by atoms with E-state index in [4.69, 9.17) is 9.97 Å². The molecule has 0 saturated carbocycles. The smallest absolute Gasteiger partial charge is 0.228 e. The number of nitrogens with zero attached hydrogens (tertiary/aromatic N) is 4. The van der Waals surface area contributed by atoms with Crippen LogP contribution in [0.3, 0.4) is 0 Å². The lowest BCUT2D eigenvalue weighted by atomic mass is 9.95. The number of hydrogen-bond donors (Lipinski definition) is 0. The van der Waals surface area contributed by atoms with E-state index in [-0.39, 0.29) is 23.7 Å². The van der Waals surface area contributed by atoms with Gasteiger partial charge >= 0.3 is 0 Å². The molecule has 1 aromatic carbocycles. The van der Waals surface area contributed by atoms with Crippen molar-refractivity contribution in [3.8, 4) is 0 Å². The molecule has 6 heteroatoms. The SMILES string of the molecule is Cc1nc(C2CCCN(C(=O)C(C)C)C2)nc2c1CCC(=O)N2CCc1ccccc1. The van der Waals surface area contributed by atoms with Crippen molar-refractivity contribution in [2.24, 2.45) is 5.92 Å². The molecule has 0 radical (unpaired) electrons. The second-order valence-electron chi connectivity index (χ2n) is 9.03. The van der Waals surface area contributed by atoms with Crippen LogP contribution in [0.15, 0.2) is 30.3 Å². The minimum absolute atomic E-state index is 0.00367. The van der Waals surface area contributed by atoms with E-state index in [1.807, 2.05) is 48.8 Å². The van der Waals surface area contributed by atoms with Gasteiger partial charge in [-0.05, 0) is 38.2 Å². The molecule has 164 valence electrons. The van der Waals surface area contributed by atoms with Crippen LogP contribution in [-0.2, 0) is 22.4 Å². The Labute approximate surface area is 184 Å². The van der Waals surface area contributed by atoms with Crippen molar-refractivity contribution in [2.75, 3.05) is 24.5 Å². The monoisotopic (exact) mass is 420 g/mol. The van der Waals surface area contributed by atoms with Crippen LogP contribution in [0, 0.1) is 12.8 Å². The minimum Gasteiger partial charge on any atom is -0.342 e. The van der Waals surface area contributed by atoms with Crippen LogP contribution in [0.2, 0.25) is 0 Å². The van der Waals surface area contributed by atoms with Crippen LogP contribution < -0.4 is 4.90 Å². The molecule has 0 spiro atoms. The van der Waals surface area contributed by atoms with E-state index in [2.05, 4.69) is 12.1 Å². The number of aryl methyl sites for hydroxylation is 1. The number of carbonyl (C=O) groups excluding carboxylic acids is 2. The first-order valence-corrected chi connectivity index (χ1v) is 11.4. The fraction of sp³-hybridized carbons (Fsp3) is 0.520. The number of piperidine rings is 1. The number of anilines is 1. The first-order chi connectivity index (χ1) is 14.9. The Bertz CT molecular complexity index is 957. The number of rotatable bonds is 5. The first kappa shape index (κ1) is 21.5. The van der Waals surface area contributed by atoms with Gasteiger partial charge in [-0.2, -0.15) is 0 Å². The van der Waals surface area contributed by atoms with E-state index in [0.717, 1.165) is 48.7 Å². The Balaban J connectivity index is 1.59. The summed E-state index contributed by atoms with van der Waals surface area (Å²) >= 11 is 0. The van der Waals surface area contributed by atoms with Gasteiger partial charge in [-0.15, -0.1) is 0 Å². The summed E-state index contributed by atoms with van der Waals surface area (Å²) in [6.45, 7) is 8.00. The molecule has 1 saturated heterocycles. The predicted octanol–water partition coefficient (Wildman–Crippen LogP) is 3.67. The summed E-state index contributed by atoms with van der Waals surface area (Å²) in [5.41, 5.74) is 3.26. The molecule has 2 aliphatic rings. The highest BCUT2D eigenvalue weighted by Crippen LogP contribution is 2.32. The number of benzene rings is 1. The Hall–Kier alpha value is -2.76. The summed E-state index contributed by atoms with van der Waals surface area (Å²) in [5.74, 6) is 2.00. The number of likely N-dealkylation sites (tertiary alicyclic amines) is 1. The highest BCUT2D eigenvalue weighted by atomic mass is 16.2. The molecule has 1 fully saturated rings. The zero-order valence-electron chi connectivity index (χ0n) is 18.8. The summed E-state index contributed by atoms with van der Waals surface area (Å²) in [5, 5.41) is 0. The average Bonchev–Trinajstić information content (AvgIpc) is 2.78. The van der Waals surface area contributed by atoms with Gasteiger partial charge in [0.2, 0.25) is 11.8 Å². The number of carbonyl (C=O) groups is 2. The van der Waals surface area contributed by atoms with Gasteiger partial charge in [0.25, 0.3) is 0 Å². The molecule has 6 nitrogen and oxygen atoms in total. The highest BCUT2D eigenvalue weighted by molar-refractivity contribution is 5.95. The van der Waals surface area contributed by atoms with Crippen molar-refractivity contribution in [1.29, 1.82) is 0 Å². The van der Waals surface area contributed by atoms with Crippen molar-refractivity contribution in [3.05, 3.63) is 53.0 Å². The van der Waals surface area contributed by atoms with Crippen LogP contribution in [0.4, 0.5) is 5.82 Å². The van der Waals surface area contributed by atoms with E-state index >= 15 is 0 Å². The molecular weight excluding hydrogens is 388 g/mol. The van der Waals surface area contributed by atoms with Crippen LogP contribution in [-0.4, -0.2) is 46.3 Å². The summed E-state index contributed by atoms with van der Waals surface area (Å²) in [6.07, 6.45) is 3.93. The minimum atomic E-state index is -0.00367. The molecule has 3 heterocycles. The lowest BCUT2D eigenvalue weighted by Gasteiger charge is -2.34. The van der Waals surface area contributed by atoms with Crippen molar-refractivity contribution in [3.63, 3.8) is 0 Å². The lowest BCUT2D eigenvalue weighted by Crippen LogP contribution is -2.42. The van der Waals surface area contributed by atoms with Gasteiger partial charge in [0, 0.05) is 49.1 Å². The van der Waals surface area contributed by atoms with Crippen molar-refractivity contribution >= 4 is 17.6 Å². The standard InChI is InChI=1S/C25H32N4O2/c1-17(2)25(31)28-14-7-10-20(16-28)23-26-18(3)21-11-12-22(30)29(24(21)27-23)15-13-19-8-5-4-6-9-19/h4-6,8-9,17,20H,7,10-16H2,1-3H3. The van der Waals surface area contributed by atoms with Gasteiger partial charge in [-0.25, -0.2) is 9.97 Å². The van der Waals surface area contributed by atoms with Gasteiger partial charge < -0.3 is 4.90 Å². The molecule has 0 aliphatic carbocycles. The Kier molecular flexibility index (Phi) is 6.35. The van der Waals surface area contributed by atoms with Crippen LogP contribution in [0.5, 0.6) is 0 Å². The van der Waals surface area contributed by atoms with Gasteiger partial charge in [-0.3, -0.25) is 14.5 Å². The molecule has 2 aromatic rings. The second-order valence-corrected chi connectivity index (χ2v) is 9.03. The number of hydrogen-bond acceptors (Lipinski definition) is 4. The average molecular weight is 421 g/mol. The van der Waals surface area contributed by atoms with E-state index in [1.54, 1.807) is 0 Å². The van der Waals surface area contributed by atoms with Crippen LogP contribution >= 0.6 is 0 Å². The maximum absolute atomic E-state index is 12.8. The Morgan fingerprint density at radius 3 is 2.68 bits per heavy atom. The van der Waals surface area contributed by atoms with E-state index in [1.165, 1.54) is 5.56 Å². The van der Waals surface area contributed by atoms with E-state index in [0.29, 0.717) is 25.9 Å². The molecule has 1 unspecified atom stereocenters. The second kappa shape index (κ2) is 9.16. The van der Waals surface area contributed by atoms with Crippen molar-refractivity contribution in [1.82, 2.24) is 14.9 Å². The van der Waals surface area contributed by atoms with Gasteiger partial charge in [0.1, 0.15) is 11.6 Å². The van der Waals surface area contributed by atoms with Crippen molar-refractivity contribution < 1.29 is 9.59 Å². The molecule has 4 rings (SSSR count). The first-order valence-electron chi connectivity index (χ1n) is 11.4. The highest BCUT2D eigenvalue weighted by Gasteiger charge is 2.32. The Morgan fingerprint density at radius 2 is 1.94 bits per heavy atom. The molecule has 1 aromatic heterocycles. The topological polar surface area (TPSA) is 66.4 Å². The Morgan fingerprint density at radius 1 is 1.16 bits per heavy atom. The van der Waals surface area contributed by atoms with Crippen LogP contribution in [0.1, 0.15) is 61.7 Å². The molecule has 0 bridgehead atoms. The summed E-state index contributed by atoms with van der Waals surface area (Å²) < 4.78 is 0. The van der Waals surface area contributed by atoms with Gasteiger partial charge in [0.05, 0.1) is 0 Å². The molecule has 0 N–H and O–H groups in total. The molecule has 1 atom stereocenters. The predicted molar refractivity (Wildman–Crippen MR) is 121 cm³/mol. The molecular formula is C25H32N4O2. The summed E-state index contributed by atoms with van der Waals surface area (Å²) in [4.78, 5) is 38.9. The maximum atomic E-state index is 12.8. The number of fused-ring (bicyclic) bond motifs is 1. The normalized spacial score (nSPS) is 19.0. The van der Waals surface area contributed by atoms with Crippen LogP contribution in [0.25, 0.3) is 0 Å². The third-order valence-electron chi connectivity index (χ3n) is 6.41. The van der Waals surface area contributed by atoms with Gasteiger partial charge in [-0.1, -0.05) is 44.2 Å². The number of aromatic nitrogens is 2. The quantitative estimate of drug-likeness (QED) is 0.740. The number of amides is 2. The lowest BCUT2D eigenvalue weighted by molar-refractivity contribution is -0.135. The zero-order chi connectivity index (χ0) is 22.0. The van der Waals surface area contributed by atoms with Gasteiger partial charge in [0.15, 0.2) is 0 Å². The molecule has 31 heavy (non-hydrogen) atoms. The zero-order valence-corrected chi connectivity index (χ0v) is 18.8. The summed E-state index contributed by atoms with van der Waals surface area (Å²) in [7, 11) is 0. The molecule has 2 aliphatic heterocycles. The fourth-order valence-corrected chi connectivity index (χ4v) is 4.66. The third-order valence-corrected chi connectivity index (χ3v) is 6.41.